The van der Waals surface area contributed by atoms with Crippen LogP contribution in [0.1, 0.15) is 25.1 Å². The minimum atomic E-state index is -0.911. The van der Waals surface area contributed by atoms with Crippen molar-refractivity contribution in [3.63, 3.8) is 0 Å². The molecule has 0 saturated carbocycles. The summed E-state index contributed by atoms with van der Waals surface area (Å²) < 4.78 is 6.80. The third kappa shape index (κ3) is 2.27. The molecule has 0 radical (unpaired) electrons. The second-order valence-electron chi connectivity index (χ2n) is 4.16. The Labute approximate surface area is 103 Å². The fraction of sp³-hybridized carbons (Fsp3) is 0.545. The molecule has 98 valence electrons. The molecule has 3 atom stereocenters. The molecule has 1 aliphatic rings. The van der Waals surface area contributed by atoms with Crippen molar-refractivity contribution in [2.24, 2.45) is 4.99 Å². The zero-order chi connectivity index (χ0) is 13.3. The number of hydrogen-bond acceptors (Lipinski definition) is 5. The van der Waals surface area contributed by atoms with E-state index in [4.69, 9.17) is 4.74 Å². The van der Waals surface area contributed by atoms with Gasteiger partial charge in [-0.1, -0.05) is 6.92 Å². The highest BCUT2D eigenvalue weighted by atomic mass is 16.5. The lowest BCUT2D eigenvalue weighted by molar-refractivity contribution is -0.0879. The highest BCUT2D eigenvalue weighted by Gasteiger charge is 2.26. The summed E-state index contributed by atoms with van der Waals surface area (Å²) in [4.78, 5) is 29.0. The summed E-state index contributed by atoms with van der Waals surface area (Å²) in [5.74, 6) is 0. The molecule has 0 fully saturated rings. The first-order chi connectivity index (χ1) is 8.52. The van der Waals surface area contributed by atoms with Crippen LogP contribution in [0.4, 0.5) is 0 Å². The number of hydrogen-bond donors (Lipinski definition) is 2. The van der Waals surface area contributed by atoms with E-state index in [1.54, 1.807) is 6.92 Å². The maximum atomic E-state index is 11.7. The first-order valence-electron chi connectivity index (χ1n) is 5.71. The van der Waals surface area contributed by atoms with Gasteiger partial charge in [-0.2, -0.15) is 0 Å². The van der Waals surface area contributed by atoms with Crippen LogP contribution < -0.4 is 11.2 Å². The molecule has 1 aliphatic heterocycles. The van der Waals surface area contributed by atoms with Crippen LogP contribution in [0.25, 0.3) is 0 Å². The van der Waals surface area contributed by atoms with Crippen LogP contribution in [0.5, 0.6) is 0 Å². The summed E-state index contributed by atoms with van der Waals surface area (Å²) in [6, 6.07) is 0. The van der Waals surface area contributed by atoms with Crippen LogP contribution in [0.15, 0.2) is 20.8 Å². The SMILES string of the molecule is CC[C@H]1O[C@@H](n2cc(C)c(=O)[nH]c2=O)C=N[C@@H]1O. The van der Waals surface area contributed by atoms with E-state index in [9.17, 15) is 14.7 Å². The van der Waals surface area contributed by atoms with E-state index >= 15 is 0 Å². The summed E-state index contributed by atoms with van der Waals surface area (Å²) in [6.45, 7) is 3.45. The largest absolute Gasteiger partial charge is 0.369 e. The normalized spacial score (nSPS) is 27.4. The van der Waals surface area contributed by atoms with E-state index in [-0.39, 0.29) is 0 Å². The highest BCUT2D eigenvalue weighted by molar-refractivity contribution is 5.62. The Morgan fingerprint density at radius 1 is 1.56 bits per heavy atom. The molecule has 2 rings (SSSR count). The smallest absolute Gasteiger partial charge is 0.330 e. The second-order valence-corrected chi connectivity index (χ2v) is 4.16. The molecular formula is C11H15N3O4. The average molecular weight is 253 g/mol. The van der Waals surface area contributed by atoms with Gasteiger partial charge in [-0.3, -0.25) is 19.3 Å². The molecule has 0 unspecified atom stereocenters. The lowest BCUT2D eigenvalue weighted by Gasteiger charge is -2.28. The molecule has 2 N–H and O–H groups in total. The highest BCUT2D eigenvalue weighted by Crippen LogP contribution is 2.18. The monoisotopic (exact) mass is 253 g/mol. The first kappa shape index (κ1) is 12.7. The van der Waals surface area contributed by atoms with E-state index in [0.717, 1.165) is 0 Å². The summed E-state index contributed by atoms with van der Waals surface area (Å²) >= 11 is 0. The fourth-order valence-electron chi connectivity index (χ4n) is 1.76. The minimum absolute atomic E-state index is 0.408. The second kappa shape index (κ2) is 4.87. The Hall–Kier alpha value is -1.73. The number of ether oxygens (including phenoxy) is 1. The quantitative estimate of drug-likeness (QED) is 0.745. The number of nitrogens with zero attached hydrogens (tertiary/aromatic N) is 2. The molecule has 18 heavy (non-hydrogen) atoms. The lowest BCUT2D eigenvalue weighted by atomic mass is 10.2. The molecule has 7 heteroatoms. The van der Waals surface area contributed by atoms with Crippen molar-refractivity contribution in [2.75, 3.05) is 0 Å². The number of rotatable bonds is 2. The van der Waals surface area contributed by atoms with Gasteiger partial charge in [0.2, 0.25) is 0 Å². The molecule has 0 spiro atoms. The van der Waals surface area contributed by atoms with Crippen molar-refractivity contribution in [2.45, 2.75) is 38.8 Å². The molecule has 1 aromatic rings. The number of aromatic nitrogens is 2. The van der Waals surface area contributed by atoms with Crippen LogP contribution >= 0.6 is 0 Å². The maximum Gasteiger partial charge on any atom is 0.330 e. The number of aryl methyl sites for hydroxylation is 1. The van der Waals surface area contributed by atoms with Gasteiger partial charge in [-0.25, -0.2) is 4.79 Å². The van der Waals surface area contributed by atoms with Crippen molar-refractivity contribution in [3.8, 4) is 0 Å². The number of aliphatic imine (C=N–C) groups is 1. The Morgan fingerprint density at radius 3 is 2.94 bits per heavy atom. The van der Waals surface area contributed by atoms with Gasteiger partial charge in [0.25, 0.3) is 5.56 Å². The first-order valence-corrected chi connectivity index (χ1v) is 5.71. The van der Waals surface area contributed by atoms with Crippen LogP contribution in [-0.2, 0) is 4.74 Å². The van der Waals surface area contributed by atoms with Crippen molar-refractivity contribution in [3.05, 3.63) is 32.6 Å². The van der Waals surface area contributed by atoms with Crippen LogP contribution in [0.2, 0.25) is 0 Å². The number of aliphatic hydroxyl groups excluding tert-OH is 1. The van der Waals surface area contributed by atoms with E-state index < -0.39 is 29.8 Å². The van der Waals surface area contributed by atoms with Crippen molar-refractivity contribution >= 4 is 6.21 Å². The summed E-state index contributed by atoms with van der Waals surface area (Å²) in [5, 5.41) is 9.53. The van der Waals surface area contributed by atoms with E-state index in [1.165, 1.54) is 17.0 Å². The summed E-state index contributed by atoms with van der Waals surface area (Å²) in [7, 11) is 0. The van der Waals surface area contributed by atoms with Gasteiger partial charge in [0.15, 0.2) is 12.5 Å². The number of nitrogens with one attached hydrogen (secondary N) is 1. The van der Waals surface area contributed by atoms with Gasteiger partial charge >= 0.3 is 5.69 Å². The van der Waals surface area contributed by atoms with Crippen molar-refractivity contribution < 1.29 is 9.84 Å². The van der Waals surface area contributed by atoms with E-state index in [0.29, 0.717) is 12.0 Å². The van der Waals surface area contributed by atoms with Gasteiger partial charge in [-0.15, -0.1) is 0 Å². The summed E-state index contributed by atoms with van der Waals surface area (Å²) in [5.41, 5.74) is -0.574. The van der Waals surface area contributed by atoms with Gasteiger partial charge in [0.1, 0.15) is 6.10 Å². The molecule has 7 nitrogen and oxygen atoms in total. The number of aliphatic hydroxyl groups is 1. The van der Waals surface area contributed by atoms with Crippen LogP contribution in [0.3, 0.4) is 0 Å². The van der Waals surface area contributed by atoms with Crippen LogP contribution in [0, 0.1) is 6.92 Å². The lowest BCUT2D eigenvalue weighted by Crippen LogP contribution is -2.41. The molecule has 0 bridgehead atoms. The van der Waals surface area contributed by atoms with Crippen LogP contribution in [-0.4, -0.2) is 33.2 Å². The fourth-order valence-corrected chi connectivity index (χ4v) is 1.76. The Bertz CT molecular complexity index is 574. The minimum Gasteiger partial charge on any atom is -0.369 e. The Kier molecular flexibility index (Phi) is 3.44. The molecule has 0 saturated heterocycles. The maximum absolute atomic E-state index is 11.7. The third-order valence-electron chi connectivity index (χ3n) is 2.84. The number of H-pyrrole nitrogens is 1. The molecule has 0 aliphatic carbocycles. The van der Waals surface area contributed by atoms with Crippen molar-refractivity contribution in [1.82, 2.24) is 9.55 Å². The van der Waals surface area contributed by atoms with Gasteiger partial charge in [-0.05, 0) is 13.3 Å². The van der Waals surface area contributed by atoms with E-state index in [1.807, 2.05) is 6.92 Å². The Balaban J connectivity index is 2.39. The predicted molar refractivity (Wildman–Crippen MR) is 64.8 cm³/mol. The summed E-state index contributed by atoms with van der Waals surface area (Å²) in [6.07, 6.45) is 1.27. The average Bonchev–Trinajstić information content (AvgIpc) is 2.35. The molecule has 0 amide bonds. The van der Waals surface area contributed by atoms with Crippen molar-refractivity contribution in [1.29, 1.82) is 0 Å². The Morgan fingerprint density at radius 2 is 2.28 bits per heavy atom. The van der Waals surface area contributed by atoms with Gasteiger partial charge in [0.05, 0.1) is 6.21 Å². The standard InChI is InChI=1S/C11H15N3O4/c1-3-7-10(16)12-4-8(18-7)14-5-6(2)9(15)13-11(14)17/h4-5,7-8,10,16H,3H2,1-2H3,(H,13,15,17)/t7-,8-,10-/m1/s1. The topological polar surface area (TPSA) is 96.7 Å². The third-order valence-corrected chi connectivity index (χ3v) is 2.84. The van der Waals surface area contributed by atoms with E-state index in [2.05, 4.69) is 9.98 Å². The zero-order valence-electron chi connectivity index (χ0n) is 10.2. The molecule has 2 heterocycles. The zero-order valence-corrected chi connectivity index (χ0v) is 10.2. The number of aromatic amines is 1. The molecule has 0 aromatic carbocycles. The molecule has 1 aromatic heterocycles. The van der Waals surface area contributed by atoms with Gasteiger partial charge < -0.3 is 9.84 Å². The molecular weight excluding hydrogens is 238 g/mol. The van der Waals surface area contributed by atoms with Gasteiger partial charge in [0, 0.05) is 11.8 Å². The predicted octanol–water partition coefficient (Wildman–Crippen LogP) is -0.458.